The summed E-state index contributed by atoms with van der Waals surface area (Å²) in [6, 6.07) is 11.0. The molecule has 6 heteroatoms. The van der Waals surface area contributed by atoms with E-state index in [4.69, 9.17) is 11.6 Å². The molecule has 3 rings (SSSR count). The molecule has 0 radical (unpaired) electrons. The van der Waals surface area contributed by atoms with Crippen molar-refractivity contribution in [2.45, 2.75) is 20.4 Å². The van der Waals surface area contributed by atoms with E-state index in [-0.39, 0.29) is 5.91 Å². The van der Waals surface area contributed by atoms with Crippen molar-refractivity contribution < 1.29 is 4.79 Å². The molecule has 0 atom stereocenters. The van der Waals surface area contributed by atoms with E-state index in [0.717, 1.165) is 17.0 Å². The fraction of sp³-hybridized carbons (Fsp3) is 0.188. The van der Waals surface area contributed by atoms with Crippen molar-refractivity contribution in [2.75, 3.05) is 0 Å². The number of aromatic nitrogens is 3. The zero-order valence-corrected chi connectivity index (χ0v) is 13.1. The molecule has 112 valence electrons. The van der Waals surface area contributed by atoms with Crippen molar-refractivity contribution in [1.29, 1.82) is 0 Å². The fourth-order valence-corrected chi connectivity index (χ4v) is 2.47. The van der Waals surface area contributed by atoms with E-state index in [0.29, 0.717) is 22.9 Å². The molecule has 0 aliphatic carbocycles. The molecule has 0 aliphatic heterocycles. The number of hydrogen-bond donors (Lipinski definition) is 1. The Morgan fingerprint density at radius 2 is 2.05 bits per heavy atom. The van der Waals surface area contributed by atoms with Crippen LogP contribution in [0, 0.1) is 13.8 Å². The molecule has 3 aromatic rings. The van der Waals surface area contributed by atoms with Gasteiger partial charge in [0.1, 0.15) is 5.69 Å². The number of halogens is 1. The van der Waals surface area contributed by atoms with Gasteiger partial charge >= 0.3 is 0 Å². The standard InChI is InChI=1S/C16H15ClN4O/c1-10-7-15-19-14(8-11(2)21(15)20-10)16(22)18-9-12-5-3-4-6-13(12)17/h3-8H,9H2,1-2H3,(H,18,22). The molecule has 22 heavy (non-hydrogen) atoms. The molecule has 0 unspecified atom stereocenters. The second-order valence-electron chi connectivity index (χ2n) is 5.11. The van der Waals surface area contributed by atoms with Crippen LogP contribution in [0.1, 0.15) is 27.4 Å². The molecule has 2 heterocycles. The summed E-state index contributed by atoms with van der Waals surface area (Å²) in [4.78, 5) is 16.6. The lowest BCUT2D eigenvalue weighted by Crippen LogP contribution is -2.24. The van der Waals surface area contributed by atoms with Crippen molar-refractivity contribution in [3.8, 4) is 0 Å². The van der Waals surface area contributed by atoms with Crippen molar-refractivity contribution in [2.24, 2.45) is 0 Å². The van der Waals surface area contributed by atoms with Crippen LogP contribution in [0.4, 0.5) is 0 Å². The third-order valence-corrected chi connectivity index (χ3v) is 3.73. The Balaban J connectivity index is 1.82. The fourth-order valence-electron chi connectivity index (χ4n) is 2.26. The molecule has 5 nitrogen and oxygen atoms in total. The summed E-state index contributed by atoms with van der Waals surface area (Å²) in [6.07, 6.45) is 0. The molecule has 0 fully saturated rings. The predicted octanol–water partition coefficient (Wildman–Crippen LogP) is 2.93. The first kappa shape index (κ1) is 14.5. The Hall–Kier alpha value is -2.40. The minimum atomic E-state index is -0.232. The first-order chi connectivity index (χ1) is 10.5. The number of carbonyl (C=O) groups is 1. The van der Waals surface area contributed by atoms with E-state index in [1.807, 2.05) is 38.1 Å². The Bertz CT molecular complexity index is 856. The van der Waals surface area contributed by atoms with E-state index < -0.39 is 0 Å². The Kier molecular flexibility index (Phi) is 3.81. The SMILES string of the molecule is Cc1cc2nc(C(=O)NCc3ccccc3Cl)cc(C)n2n1. The summed E-state index contributed by atoms with van der Waals surface area (Å²) in [5.74, 6) is -0.232. The first-order valence-electron chi connectivity index (χ1n) is 6.90. The number of fused-ring (bicyclic) bond motifs is 1. The molecule has 0 saturated carbocycles. The van der Waals surface area contributed by atoms with E-state index in [9.17, 15) is 4.79 Å². The van der Waals surface area contributed by atoms with Crippen LogP contribution in [0.15, 0.2) is 36.4 Å². The maximum absolute atomic E-state index is 12.3. The van der Waals surface area contributed by atoms with Gasteiger partial charge in [-0.2, -0.15) is 5.10 Å². The van der Waals surface area contributed by atoms with Gasteiger partial charge in [-0.25, -0.2) is 9.50 Å². The Labute approximate surface area is 132 Å². The predicted molar refractivity (Wildman–Crippen MR) is 85.1 cm³/mol. The van der Waals surface area contributed by atoms with Crippen LogP contribution in [0.3, 0.4) is 0 Å². The van der Waals surface area contributed by atoms with Crippen LogP contribution in [0.5, 0.6) is 0 Å². The van der Waals surface area contributed by atoms with E-state index in [1.165, 1.54) is 0 Å². The van der Waals surface area contributed by atoms with Crippen molar-refractivity contribution in [1.82, 2.24) is 19.9 Å². The van der Waals surface area contributed by atoms with Crippen LogP contribution >= 0.6 is 11.6 Å². The minimum Gasteiger partial charge on any atom is -0.347 e. The molecule has 0 aliphatic rings. The van der Waals surface area contributed by atoms with Crippen LogP contribution in [-0.2, 0) is 6.54 Å². The van der Waals surface area contributed by atoms with E-state index >= 15 is 0 Å². The highest BCUT2D eigenvalue weighted by molar-refractivity contribution is 6.31. The second-order valence-corrected chi connectivity index (χ2v) is 5.52. The zero-order valence-electron chi connectivity index (χ0n) is 12.3. The molecule has 1 N–H and O–H groups in total. The lowest BCUT2D eigenvalue weighted by Gasteiger charge is -2.07. The number of aryl methyl sites for hydroxylation is 2. The lowest BCUT2D eigenvalue weighted by molar-refractivity contribution is 0.0946. The molecule has 0 spiro atoms. The average Bonchev–Trinajstić information content (AvgIpc) is 2.87. The first-order valence-corrected chi connectivity index (χ1v) is 7.28. The van der Waals surface area contributed by atoms with Crippen LogP contribution in [0.2, 0.25) is 5.02 Å². The minimum absolute atomic E-state index is 0.232. The topological polar surface area (TPSA) is 59.3 Å². The molecular weight excluding hydrogens is 300 g/mol. The number of amides is 1. The second kappa shape index (κ2) is 5.77. The summed E-state index contributed by atoms with van der Waals surface area (Å²) < 4.78 is 1.72. The highest BCUT2D eigenvalue weighted by Gasteiger charge is 2.12. The highest BCUT2D eigenvalue weighted by atomic mass is 35.5. The number of hydrogen-bond acceptors (Lipinski definition) is 3. The van der Waals surface area contributed by atoms with Gasteiger partial charge in [-0.3, -0.25) is 4.79 Å². The zero-order chi connectivity index (χ0) is 15.7. The molecule has 0 bridgehead atoms. The van der Waals surface area contributed by atoms with Crippen molar-refractivity contribution >= 4 is 23.2 Å². The quantitative estimate of drug-likeness (QED) is 0.808. The van der Waals surface area contributed by atoms with Gasteiger partial charge in [0.05, 0.1) is 5.69 Å². The summed E-state index contributed by atoms with van der Waals surface area (Å²) in [6.45, 7) is 4.15. The van der Waals surface area contributed by atoms with Crippen molar-refractivity contribution in [3.63, 3.8) is 0 Å². The van der Waals surface area contributed by atoms with Crippen LogP contribution < -0.4 is 5.32 Å². The molecule has 0 saturated heterocycles. The number of benzene rings is 1. The number of carbonyl (C=O) groups excluding carboxylic acids is 1. The lowest BCUT2D eigenvalue weighted by atomic mass is 10.2. The molecular formula is C16H15ClN4O. The van der Waals surface area contributed by atoms with Gasteiger partial charge < -0.3 is 5.32 Å². The van der Waals surface area contributed by atoms with Crippen LogP contribution in [-0.4, -0.2) is 20.5 Å². The summed E-state index contributed by atoms with van der Waals surface area (Å²) in [7, 11) is 0. The van der Waals surface area contributed by atoms with Gasteiger partial charge in [0, 0.05) is 23.3 Å². The molecule has 1 aromatic carbocycles. The molecule has 2 aromatic heterocycles. The Morgan fingerprint density at radius 1 is 1.27 bits per heavy atom. The van der Waals surface area contributed by atoms with Crippen LogP contribution in [0.25, 0.3) is 5.65 Å². The number of nitrogens with zero attached hydrogens (tertiary/aromatic N) is 3. The Morgan fingerprint density at radius 3 is 2.82 bits per heavy atom. The van der Waals surface area contributed by atoms with E-state index in [1.54, 1.807) is 16.6 Å². The largest absolute Gasteiger partial charge is 0.347 e. The normalized spacial score (nSPS) is 10.9. The monoisotopic (exact) mass is 314 g/mol. The van der Waals surface area contributed by atoms with Crippen molar-refractivity contribution in [3.05, 3.63) is 64.1 Å². The summed E-state index contributed by atoms with van der Waals surface area (Å²) >= 11 is 6.08. The van der Waals surface area contributed by atoms with E-state index in [2.05, 4.69) is 15.4 Å². The smallest absolute Gasteiger partial charge is 0.270 e. The summed E-state index contributed by atoms with van der Waals surface area (Å²) in [5.41, 5.74) is 3.64. The maximum Gasteiger partial charge on any atom is 0.270 e. The number of nitrogens with one attached hydrogen (secondary N) is 1. The van der Waals surface area contributed by atoms with Gasteiger partial charge in [-0.05, 0) is 31.5 Å². The third-order valence-electron chi connectivity index (χ3n) is 3.36. The maximum atomic E-state index is 12.3. The molecule has 1 amide bonds. The van der Waals surface area contributed by atoms with Gasteiger partial charge in [-0.15, -0.1) is 0 Å². The van der Waals surface area contributed by atoms with Gasteiger partial charge in [0.25, 0.3) is 5.91 Å². The third kappa shape index (κ3) is 2.80. The van der Waals surface area contributed by atoms with Gasteiger partial charge in [-0.1, -0.05) is 29.8 Å². The highest BCUT2D eigenvalue weighted by Crippen LogP contribution is 2.15. The number of rotatable bonds is 3. The summed E-state index contributed by atoms with van der Waals surface area (Å²) in [5, 5.41) is 7.80. The van der Waals surface area contributed by atoms with Gasteiger partial charge in [0.2, 0.25) is 0 Å². The van der Waals surface area contributed by atoms with Gasteiger partial charge in [0.15, 0.2) is 5.65 Å². The average molecular weight is 315 g/mol.